The molecule has 0 unspecified atom stereocenters. The number of Topliss-reactive ketones (excluding diaryl/α,β-unsaturated/α-hetero) is 2. The van der Waals surface area contributed by atoms with Gasteiger partial charge >= 0.3 is 0 Å². The average Bonchev–Trinajstić information content (AvgIpc) is 2.63. The first kappa shape index (κ1) is 23.5. The number of ketones is 2. The minimum atomic E-state index is -0.667. The quantitative estimate of drug-likeness (QED) is 0.685. The fraction of sp³-hybridized carbons (Fsp3) is 0.636. The SMILES string of the molecule is CC(C)(C)c1ccc(C2CC(=O)CC(=O)C2)cc1.CCC(CO)(CO)CO. The van der Waals surface area contributed by atoms with Crippen LogP contribution in [-0.2, 0) is 15.0 Å². The molecule has 3 N–H and O–H groups in total. The van der Waals surface area contributed by atoms with E-state index in [9.17, 15) is 9.59 Å². The van der Waals surface area contributed by atoms with Crippen LogP contribution in [0.1, 0.15) is 70.4 Å². The molecule has 1 fully saturated rings. The largest absolute Gasteiger partial charge is 0.396 e. The second-order valence-corrected chi connectivity index (χ2v) is 8.56. The van der Waals surface area contributed by atoms with Crippen LogP contribution in [0.15, 0.2) is 24.3 Å². The Bertz CT molecular complexity index is 575. The van der Waals surface area contributed by atoms with Gasteiger partial charge in [-0.3, -0.25) is 9.59 Å². The molecule has 5 nitrogen and oxygen atoms in total. The van der Waals surface area contributed by atoms with Crippen molar-refractivity contribution >= 4 is 11.6 Å². The molecule has 1 aliphatic rings. The Hall–Kier alpha value is -1.56. The van der Waals surface area contributed by atoms with Crippen molar-refractivity contribution in [2.75, 3.05) is 19.8 Å². The zero-order chi connectivity index (χ0) is 20.7. The van der Waals surface area contributed by atoms with E-state index in [2.05, 4.69) is 45.0 Å². The molecule has 0 aromatic heterocycles. The van der Waals surface area contributed by atoms with Crippen molar-refractivity contribution in [1.82, 2.24) is 0 Å². The summed E-state index contributed by atoms with van der Waals surface area (Å²) in [5.74, 6) is 0.250. The molecule has 0 saturated heterocycles. The van der Waals surface area contributed by atoms with Crippen LogP contribution in [0.4, 0.5) is 0 Å². The maximum Gasteiger partial charge on any atom is 0.140 e. The van der Waals surface area contributed by atoms with E-state index in [4.69, 9.17) is 15.3 Å². The zero-order valence-corrected chi connectivity index (χ0v) is 17.0. The highest BCUT2D eigenvalue weighted by Crippen LogP contribution is 2.31. The van der Waals surface area contributed by atoms with Crippen LogP contribution in [0.2, 0.25) is 0 Å². The third-order valence-corrected chi connectivity index (χ3v) is 5.35. The number of hydrogen-bond acceptors (Lipinski definition) is 5. The van der Waals surface area contributed by atoms with Crippen LogP contribution in [0.25, 0.3) is 0 Å². The highest BCUT2D eigenvalue weighted by Gasteiger charge is 2.27. The molecule has 1 aromatic rings. The minimum absolute atomic E-state index is 0.0798. The summed E-state index contributed by atoms with van der Waals surface area (Å²) in [6.45, 7) is 7.88. The van der Waals surface area contributed by atoms with E-state index < -0.39 is 5.41 Å². The lowest BCUT2D eigenvalue weighted by molar-refractivity contribution is -0.130. The van der Waals surface area contributed by atoms with Gasteiger partial charge in [-0.05, 0) is 28.9 Å². The van der Waals surface area contributed by atoms with Crippen molar-refractivity contribution in [3.63, 3.8) is 0 Å². The van der Waals surface area contributed by atoms with Crippen LogP contribution in [0, 0.1) is 5.41 Å². The number of hydrogen-bond donors (Lipinski definition) is 3. The first-order valence-corrected chi connectivity index (χ1v) is 9.57. The monoisotopic (exact) mass is 378 g/mol. The molecule has 1 saturated carbocycles. The Balaban J connectivity index is 0.000000345. The summed E-state index contributed by atoms with van der Waals surface area (Å²) in [6.07, 6.45) is 1.76. The summed E-state index contributed by atoms with van der Waals surface area (Å²) in [4.78, 5) is 22.9. The van der Waals surface area contributed by atoms with E-state index in [1.165, 1.54) is 5.56 Å². The van der Waals surface area contributed by atoms with E-state index in [0.29, 0.717) is 19.3 Å². The number of rotatable bonds is 5. The molecule has 0 spiro atoms. The second kappa shape index (κ2) is 10.1. The molecule has 2 rings (SSSR count). The van der Waals surface area contributed by atoms with Crippen molar-refractivity contribution in [1.29, 1.82) is 0 Å². The molecule has 0 atom stereocenters. The fourth-order valence-corrected chi connectivity index (χ4v) is 2.96. The molecule has 0 aliphatic heterocycles. The number of aliphatic hydroxyl groups is 3. The van der Waals surface area contributed by atoms with Gasteiger partial charge in [0.25, 0.3) is 0 Å². The van der Waals surface area contributed by atoms with Crippen molar-refractivity contribution in [3.8, 4) is 0 Å². The first-order valence-electron chi connectivity index (χ1n) is 9.57. The molecule has 0 heterocycles. The Morgan fingerprint density at radius 1 is 0.889 bits per heavy atom. The Labute approximate surface area is 162 Å². The summed E-state index contributed by atoms with van der Waals surface area (Å²) in [7, 11) is 0. The van der Waals surface area contributed by atoms with Crippen LogP contribution in [0.3, 0.4) is 0 Å². The molecule has 0 radical (unpaired) electrons. The van der Waals surface area contributed by atoms with E-state index >= 15 is 0 Å². The van der Waals surface area contributed by atoms with Crippen molar-refractivity contribution in [2.45, 2.75) is 64.7 Å². The van der Waals surface area contributed by atoms with Crippen molar-refractivity contribution in [2.24, 2.45) is 5.41 Å². The lowest BCUT2D eigenvalue weighted by Gasteiger charge is -2.24. The summed E-state index contributed by atoms with van der Waals surface area (Å²) < 4.78 is 0. The summed E-state index contributed by atoms with van der Waals surface area (Å²) >= 11 is 0. The lowest BCUT2D eigenvalue weighted by Crippen LogP contribution is -2.32. The van der Waals surface area contributed by atoms with Crippen LogP contribution in [0.5, 0.6) is 0 Å². The number of aliphatic hydroxyl groups excluding tert-OH is 3. The molecular formula is C22H34O5. The third kappa shape index (κ3) is 6.83. The molecule has 0 amide bonds. The smallest absolute Gasteiger partial charge is 0.140 e. The Morgan fingerprint density at radius 2 is 1.33 bits per heavy atom. The van der Waals surface area contributed by atoms with Crippen LogP contribution < -0.4 is 0 Å². The van der Waals surface area contributed by atoms with Gasteiger partial charge in [0.15, 0.2) is 0 Å². The maximum atomic E-state index is 11.5. The van der Waals surface area contributed by atoms with E-state index in [-0.39, 0.29) is 49.1 Å². The summed E-state index contributed by atoms with van der Waals surface area (Å²) in [5.41, 5.74) is 1.86. The highest BCUT2D eigenvalue weighted by molar-refractivity contribution is 6.02. The Morgan fingerprint density at radius 3 is 1.63 bits per heavy atom. The van der Waals surface area contributed by atoms with E-state index in [0.717, 1.165) is 5.56 Å². The van der Waals surface area contributed by atoms with Gasteiger partial charge in [0, 0.05) is 18.3 Å². The molecule has 152 valence electrons. The normalized spacial score (nSPS) is 16.1. The molecule has 27 heavy (non-hydrogen) atoms. The van der Waals surface area contributed by atoms with Gasteiger partial charge in [-0.25, -0.2) is 0 Å². The van der Waals surface area contributed by atoms with Gasteiger partial charge in [0.05, 0.1) is 26.2 Å². The maximum absolute atomic E-state index is 11.5. The standard InChI is InChI=1S/C16H20O2.C6H14O3/c1-16(2,3)13-6-4-11(5-7-13)12-8-14(17)10-15(18)9-12;1-2-6(3-7,4-8)5-9/h4-7,12H,8-10H2,1-3H3;7-9H,2-5H2,1H3. The Kier molecular flexibility index (Phi) is 8.79. The predicted octanol–water partition coefficient (Wildman–Crippen LogP) is 2.75. The molecular weight excluding hydrogens is 344 g/mol. The average molecular weight is 379 g/mol. The van der Waals surface area contributed by atoms with Crippen LogP contribution in [-0.4, -0.2) is 46.7 Å². The van der Waals surface area contributed by atoms with Gasteiger partial charge < -0.3 is 15.3 Å². The van der Waals surface area contributed by atoms with Gasteiger partial charge in [0.1, 0.15) is 11.6 Å². The van der Waals surface area contributed by atoms with E-state index in [1.54, 1.807) is 0 Å². The van der Waals surface area contributed by atoms with Gasteiger partial charge in [-0.1, -0.05) is 52.0 Å². The minimum Gasteiger partial charge on any atom is -0.396 e. The van der Waals surface area contributed by atoms with Crippen LogP contribution >= 0.6 is 0 Å². The first-order chi connectivity index (χ1) is 12.6. The molecule has 1 aliphatic carbocycles. The highest BCUT2D eigenvalue weighted by atomic mass is 16.3. The number of benzene rings is 1. The van der Waals surface area contributed by atoms with Crippen molar-refractivity contribution in [3.05, 3.63) is 35.4 Å². The summed E-state index contributed by atoms with van der Waals surface area (Å²) in [6, 6.07) is 8.35. The summed E-state index contributed by atoms with van der Waals surface area (Å²) in [5, 5.41) is 26.0. The molecule has 5 heteroatoms. The predicted molar refractivity (Wildman–Crippen MR) is 106 cm³/mol. The lowest BCUT2D eigenvalue weighted by atomic mass is 9.80. The molecule has 1 aromatic carbocycles. The zero-order valence-electron chi connectivity index (χ0n) is 17.0. The third-order valence-electron chi connectivity index (χ3n) is 5.35. The van der Waals surface area contributed by atoms with Gasteiger partial charge in [0.2, 0.25) is 0 Å². The van der Waals surface area contributed by atoms with Crippen molar-refractivity contribution < 1.29 is 24.9 Å². The topological polar surface area (TPSA) is 94.8 Å². The fourth-order valence-electron chi connectivity index (χ4n) is 2.96. The molecule has 0 bridgehead atoms. The van der Waals surface area contributed by atoms with E-state index in [1.807, 2.05) is 6.92 Å². The number of carbonyl (C=O) groups excluding carboxylic acids is 2. The number of carbonyl (C=O) groups is 2. The van der Waals surface area contributed by atoms with Gasteiger partial charge in [-0.2, -0.15) is 0 Å². The second-order valence-electron chi connectivity index (χ2n) is 8.56. The van der Waals surface area contributed by atoms with Gasteiger partial charge in [-0.15, -0.1) is 0 Å².